The van der Waals surface area contributed by atoms with Crippen LogP contribution in [0.5, 0.6) is 0 Å². The number of para-hydroxylation sites is 1. The number of hydrogen-bond acceptors (Lipinski definition) is 3. The van der Waals surface area contributed by atoms with Gasteiger partial charge in [0.15, 0.2) is 0 Å². The summed E-state index contributed by atoms with van der Waals surface area (Å²) in [5.41, 5.74) is 7.35. The van der Waals surface area contributed by atoms with Gasteiger partial charge >= 0.3 is 0 Å². The van der Waals surface area contributed by atoms with Crippen LogP contribution in [0.2, 0.25) is 0 Å². The van der Waals surface area contributed by atoms with Gasteiger partial charge in [-0.3, -0.25) is 9.78 Å². The van der Waals surface area contributed by atoms with Crippen molar-refractivity contribution < 1.29 is 4.79 Å². The van der Waals surface area contributed by atoms with Crippen LogP contribution in [0.3, 0.4) is 0 Å². The standard InChI is InChI=1S/C14H17N3O/c15-13(18)7-10-16-9-6-12-4-1-3-11-5-2-8-17-14(11)12/h1-5,8,16H,6-7,9-10H2,(H2,15,18). The maximum absolute atomic E-state index is 10.6. The third-order valence-electron chi connectivity index (χ3n) is 2.84. The molecule has 1 amide bonds. The molecule has 94 valence electrons. The lowest BCUT2D eigenvalue weighted by molar-refractivity contribution is -0.117. The van der Waals surface area contributed by atoms with Gasteiger partial charge in [-0.15, -0.1) is 0 Å². The molecular weight excluding hydrogens is 226 g/mol. The second-order valence-corrected chi connectivity index (χ2v) is 4.21. The monoisotopic (exact) mass is 243 g/mol. The minimum atomic E-state index is -0.269. The Balaban J connectivity index is 1.93. The minimum Gasteiger partial charge on any atom is -0.370 e. The maximum Gasteiger partial charge on any atom is 0.218 e. The molecule has 0 spiro atoms. The van der Waals surface area contributed by atoms with Crippen LogP contribution in [-0.4, -0.2) is 24.0 Å². The van der Waals surface area contributed by atoms with Crippen molar-refractivity contribution in [1.82, 2.24) is 10.3 Å². The van der Waals surface area contributed by atoms with Crippen LogP contribution in [0.15, 0.2) is 36.5 Å². The highest BCUT2D eigenvalue weighted by Gasteiger charge is 2.01. The van der Waals surface area contributed by atoms with Crippen molar-refractivity contribution in [3.8, 4) is 0 Å². The molecule has 4 heteroatoms. The van der Waals surface area contributed by atoms with Gasteiger partial charge in [-0.1, -0.05) is 24.3 Å². The van der Waals surface area contributed by atoms with Gasteiger partial charge in [0.25, 0.3) is 0 Å². The molecule has 2 aromatic rings. The Bertz CT molecular complexity index is 534. The van der Waals surface area contributed by atoms with Crippen molar-refractivity contribution in [2.75, 3.05) is 13.1 Å². The molecule has 1 aromatic carbocycles. The van der Waals surface area contributed by atoms with Crippen molar-refractivity contribution in [3.63, 3.8) is 0 Å². The van der Waals surface area contributed by atoms with Gasteiger partial charge in [-0.25, -0.2) is 0 Å². The van der Waals surface area contributed by atoms with Crippen molar-refractivity contribution in [3.05, 3.63) is 42.1 Å². The predicted octanol–water partition coefficient (Wildman–Crippen LogP) is 1.24. The zero-order valence-electron chi connectivity index (χ0n) is 10.2. The van der Waals surface area contributed by atoms with Crippen LogP contribution < -0.4 is 11.1 Å². The molecule has 18 heavy (non-hydrogen) atoms. The number of pyridine rings is 1. The minimum absolute atomic E-state index is 0.269. The molecular formula is C14H17N3O. The number of carbonyl (C=O) groups is 1. The average Bonchev–Trinajstić information content (AvgIpc) is 2.38. The van der Waals surface area contributed by atoms with Gasteiger partial charge in [0.05, 0.1) is 5.52 Å². The van der Waals surface area contributed by atoms with Crippen LogP contribution >= 0.6 is 0 Å². The highest BCUT2D eigenvalue weighted by molar-refractivity contribution is 5.81. The molecule has 0 bridgehead atoms. The first kappa shape index (κ1) is 12.5. The lowest BCUT2D eigenvalue weighted by Crippen LogP contribution is -2.23. The number of primary amides is 1. The van der Waals surface area contributed by atoms with Crippen LogP contribution in [0.1, 0.15) is 12.0 Å². The smallest absolute Gasteiger partial charge is 0.218 e. The first-order valence-electron chi connectivity index (χ1n) is 6.09. The fourth-order valence-electron chi connectivity index (χ4n) is 1.93. The largest absolute Gasteiger partial charge is 0.370 e. The molecule has 0 fully saturated rings. The number of rotatable bonds is 6. The lowest BCUT2D eigenvalue weighted by Gasteiger charge is -2.06. The fraction of sp³-hybridized carbons (Fsp3) is 0.286. The first-order chi connectivity index (χ1) is 8.77. The number of nitrogens with zero attached hydrogens (tertiary/aromatic N) is 1. The Hall–Kier alpha value is -1.94. The summed E-state index contributed by atoms with van der Waals surface area (Å²) in [5, 5.41) is 4.36. The van der Waals surface area contributed by atoms with Crippen molar-refractivity contribution >= 4 is 16.8 Å². The molecule has 0 unspecified atom stereocenters. The van der Waals surface area contributed by atoms with E-state index in [0.29, 0.717) is 13.0 Å². The van der Waals surface area contributed by atoms with Crippen LogP contribution in [0.25, 0.3) is 10.9 Å². The van der Waals surface area contributed by atoms with Gasteiger partial charge < -0.3 is 11.1 Å². The molecule has 0 saturated heterocycles. The fourth-order valence-corrected chi connectivity index (χ4v) is 1.93. The third kappa shape index (κ3) is 3.28. The summed E-state index contributed by atoms with van der Waals surface area (Å²) < 4.78 is 0. The molecule has 4 nitrogen and oxygen atoms in total. The zero-order valence-corrected chi connectivity index (χ0v) is 10.2. The van der Waals surface area contributed by atoms with Crippen molar-refractivity contribution in [2.45, 2.75) is 12.8 Å². The number of nitrogens with two attached hydrogens (primary N) is 1. The first-order valence-corrected chi connectivity index (χ1v) is 6.09. The molecule has 0 aliphatic heterocycles. The molecule has 0 aliphatic rings. The SMILES string of the molecule is NC(=O)CCNCCc1cccc2cccnc12. The quantitative estimate of drug-likeness (QED) is 0.750. The van der Waals surface area contributed by atoms with E-state index in [9.17, 15) is 4.79 Å². The van der Waals surface area contributed by atoms with E-state index in [1.54, 1.807) is 0 Å². The molecule has 3 N–H and O–H groups in total. The summed E-state index contributed by atoms with van der Waals surface area (Å²) in [6.45, 7) is 1.45. The van der Waals surface area contributed by atoms with Gasteiger partial charge in [-0.05, 0) is 24.6 Å². The highest BCUT2D eigenvalue weighted by atomic mass is 16.1. The number of amides is 1. The third-order valence-corrected chi connectivity index (χ3v) is 2.84. The Morgan fingerprint density at radius 3 is 2.89 bits per heavy atom. The molecule has 0 saturated carbocycles. The van der Waals surface area contributed by atoms with Crippen molar-refractivity contribution in [1.29, 1.82) is 0 Å². The Morgan fingerprint density at radius 2 is 2.06 bits per heavy atom. The van der Waals surface area contributed by atoms with E-state index in [-0.39, 0.29) is 5.91 Å². The second kappa shape index (κ2) is 6.12. The van der Waals surface area contributed by atoms with Gasteiger partial charge in [-0.2, -0.15) is 0 Å². The van der Waals surface area contributed by atoms with Crippen LogP contribution in [0, 0.1) is 0 Å². The molecule has 1 aromatic heterocycles. The van der Waals surface area contributed by atoms with Gasteiger partial charge in [0, 0.05) is 24.5 Å². The highest BCUT2D eigenvalue weighted by Crippen LogP contribution is 2.15. The van der Waals surface area contributed by atoms with E-state index in [2.05, 4.69) is 28.5 Å². The number of aromatic nitrogens is 1. The Kier molecular flexibility index (Phi) is 4.25. The van der Waals surface area contributed by atoms with Crippen LogP contribution in [-0.2, 0) is 11.2 Å². The summed E-state index contributed by atoms with van der Waals surface area (Å²) in [6.07, 6.45) is 3.09. The molecule has 2 rings (SSSR count). The number of hydrogen-bond donors (Lipinski definition) is 2. The van der Waals surface area contributed by atoms with E-state index in [1.807, 2.05) is 18.3 Å². The van der Waals surface area contributed by atoms with Gasteiger partial charge in [0.2, 0.25) is 5.91 Å². The number of benzene rings is 1. The number of fused-ring (bicyclic) bond motifs is 1. The molecule has 0 atom stereocenters. The summed E-state index contributed by atoms with van der Waals surface area (Å²) in [6, 6.07) is 10.2. The van der Waals surface area contributed by atoms with Crippen LogP contribution in [0.4, 0.5) is 0 Å². The number of carbonyl (C=O) groups excluding carboxylic acids is 1. The van der Waals surface area contributed by atoms with Crippen molar-refractivity contribution in [2.24, 2.45) is 5.73 Å². The zero-order chi connectivity index (χ0) is 12.8. The summed E-state index contributed by atoms with van der Waals surface area (Å²) in [5.74, 6) is -0.269. The average molecular weight is 243 g/mol. The second-order valence-electron chi connectivity index (χ2n) is 4.21. The Morgan fingerprint density at radius 1 is 1.22 bits per heavy atom. The van der Waals surface area contributed by atoms with E-state index in [4.69, 9.17) is 5.73 Å². The molecule has 0 radical (unpaired) electrons. The summed E-state index contributed by atoms with van der Waals surface area (Å²) in [4.78, 5) is 15.0. The van der Waals surface area contributed by atoms with Gasteiger partial charge in [0.1, 0.15) is 0 Å². The van der Waals surface area contributed by atoms with E-state index in [1.165, 1.54) is 5.56 Å². The Labute approximate surface area is 106 Å². The number of nitrogens with one attached hydrogen (secondary N) is 1. The summed E-state index contributed by atoms with van der Waals surface area (Å²) in [7, 11) is 0. The molecule has 1 heterocycles. The lowest BCUT2D eigenvalue weighted by atomic mass is 10.1. The van der Waals surface area contributed by atoms with E-state index in [0.717, 1.165) is 23.9 Å². The molecule has 0 aliphatic carbocycles. The van der Waals surface area contributed by atoms with E-state index < -0.39 is 0 Å². The summed E-state index contributed by atoms with van der Waals surface area (Å²) >= 11 is 0. The normalized spacial score (nSPS) is 10.7. The predicted molar refractivity (Wildman–Crippen MR) is 72.1 cm³/mol. The van der Waals surface area contributed by atoms with E-state index >= 15 is 0 Å². The maximum atomic E-state index is 10.6. The topological polar surface area (TPSA) is 68.0 Å².